The molecule has 1 radical (unpaired) electrons. The number of nitrogens with zero attached hydrogens (tertiary/aromatic N) is 1. The third-order valence-corrected chi connectivity index (χ3v) is 4.94. The first-order chi connectivity index (χ1) is 15.0. The van der Waals surface area contributed by atoms with Crippen molar-refractivity contribution in [1.82, 2.24) is 4.98 Å². The predicted molar refractivity (Wildman–Crippen MR) is 127 cm³/mol. The molecule has 4 heteroatoms. The Balaban J connectivity index is 0.000000318. The molecule has 0 spiro atoms. The Morgan fingerprint density at radius 1 is 0.906 bits per heavy atom. The van der Waals surface area contributed by atoms with Gasteiger partial charge >= 0.3 is 0 Å². The number of rotatable bonds is 3. The largest absolute Gasteiger partial charge is 0.512 e. The number of allylic oxidation sites excluding steroid dienone is 2. The van der Waals surface area contributed by atoms with Crippen molar-refractivity contribution in [1.29, 1.82) is 0 Å². The number of hydrogen-bond acceptors (Lipinski definition) is 3. The SMILES string of the molecule is CC(=O)C=C(C)O.[Ir].[c-]1ccc(-c2ccccc2)cc1-c1cc2c3c(cccc3n1)C=C2. The number of carbonyl (C=O) groups is 1. The molecule has 0 aliphatic heterocycles. The fourth-order valence-corrected chi connectivity index (χ4v) is 3.65. The molecule has 161 valence electrons. The number of aliphatic hydroxyl groups excluding tert-OH is 1. The zero-order chi connectivity index (χ0) is 21.8. The molecular formula is C28H22IrNO2-. The fraction of sp³-hybridized carbons (Fsp3) is 0.0714. The van der Waals surface area contributed by atoms with Crippen molar-refractivity contribution in [3.63, 3.8) is 0 Å². The second kappa shape index (κ2) is 10.3. The van der Waals surface area contributed by atoms with Crippen molar-refractivity contribution in [2.24, 2.45) is 0 Å². The van der Waals surface area contributed by atoms with Crippen LogP contribution in [0.5, 0.6) is 0 Å². The minimum absolute atomic E-state index is 0. The van der Waals surface area contributed by atoms with Crippen LogP contribution in [0, 0.1) is 6.07 Å². The van der Waals surface area contributed by atoms with Gasteiger partial charge in [0.25, 0.3) is 0 Å². The molecule has 0 amide bonds. The first-order valence-corrected chi connectivity index (χ1v) is 10.1. The molecule has 5 rings (SSSR count). The van der Waals surface area contributed by atoms with Gasteiger partial charge in [-0.15, -0.1) is 35.4 Å². The summed E-state index contributed by atoms with van der Waals surface area (Å²) in [6.45, 7) is 2.85. The Labute approximate surface area is 201 Å². The predicted octanol–water partition coefficient (Wildman–Crippen LogP) is 6.89. The zero-order valence-corrected chi connectivity index (χ0v) is 20.2. The summed E-state index contributed by atoms with van der Waals surface area (Å²) in [7, 11) is 0. The Hall–Kier alpha value is -3.33. The van der Waals surface area contributed by atoms with E-state index in [-0.39, 0.29) is 31.6 Å². The van der Waals surface area contributed by atoms with E-state index in [0.717, 1.165) is 16.8 Å². The molecule has 3 nitrogen and oxygen atoms in total. The molecule has 32 heavy (non-hydrogen) atoms. The molecule has 1 aromatic heterocycles. The van der Waals surface area contributed by atoms with Crippen molar-refractivity contribution in [3.8, 4) is 22.4 Å². The maximum atomic E-state index is 10.0. The summed E-state index contributed by atoms with van der Waals surface area (Å²) in [5.74, 6) is -0.0625. The topological polar surface area (TPSA) is 50.2 Å². The summed E-state index contributed by atoms with van der Waals surface area (Å²) in [5.41, 5.74) is 7.93. The molecule has 0 saturated heterocycles. The van der Waals surface area contributed by atoms with Gasteiger partial charge < -0.3 is 5.11 Å². The smallest absolute Gasteiger partial charge is 0.155 e. The summed E-state index contributed by atoms with van der Waals surface area (Å²) < 4.78 is 0. The standard InChI is InChI=1S/C23H14N.C5H8O2.Ir/c1-2-6-16(7-3-1)18-9-4-10-19(14-18)22-15-20-13-12-17-8-5-11-21(24-22)23(17)20;1-4(6)3-5(2)7;/h1-9,11-15H;3,6H,1-2H3;/q-1;;. The second-order valence-corrected chi connectivity index (χ2v) is 7.42. The third-order valence-electron chi connectivity index (χ3n) is 4.94. The van der Waals surface area contributed by atoms with Crippen molar-refractivity contribution >= 4 is 28.8 Å². The molecule has 1 aliphatic carbocycles. The average Bonchev–Trinajstić information content (AvgIpc) is 3.19. The number of benzene rings is 3. The molecule has 0 saturated carbocycles. The normalized spacial score (nSPS) is 11.5. The van der Waals surface area contributed by atoms with E-state index in [9.17, 15) is 4.79 Å². The van der Waals surface area contributed by atoms with Gasteiger partial charge in [0.2, 0.25) is 0 Å². The quantitative estimate of drug-likeness (QED) is 0.140. The van der Waals surface area contributed by atoms with E-state index in [1.54, 1.807) is 0 Å². The maximum Gasteiger partial charge on any atom is 0.155 e. The molecule has 1 N–H and O–H groups in total. The van der Waals surface area contributed by atoms with Gasteiger partial charge in [-0.05, 0) is 42.3 Å². The molecule has 1 heterocycles. The number of pyridine rings is 1. The Morgan fingerprint density at radius 3 is 2.34 bits per heavy atom. The van der Waals surface area contributed by atoms with Crippen LogP contribution in [0.15, 0.2) is 84.6 Å². The van der Waals surface area contributed by atoms with E-state index < -0.39 is 0 Å². The van der Waals surface area contributed by atoms with E-state index in [1.807, 2.05) is 12.1 Å². The molecule has 4 aromatic rings. The fourth-order valence-electron chi connectivity index (χ4n) is 3.65. The molecule has 0 fully saturated rings. The molecule has 3 aromatic carbocycles. The Bertz CT molecular complexity index is 1320. The van der Waals surface area contributed by atoms with Crippen LogP contribution in [0.25, 0.3) is 45.4 Å². The monoisotopic (exact) mass is 597 g/mol. The molecule has 0 bridgehead atoms. The number of aromatic nitrogens is 1. The molecule has 0 unspecified atom stereocenters. The summed E-state index contributed by atoms with van der Waals surface area (Å²) >= 11 is 0. The summed E-state index contributed by atoms with van der Waals surface area (Å²) in [6.07, 6.45) is 5.50. The van der Waals surface area contributed by atoms with E-state index in [0.29, 0.717) is 0 Å². The van der Waals surface area contributed by atoms with Crippen molar-refractivity contribution < 1.29 is 30.0 Å². The number of hydrogen-bond donors (Lipinski definition) is 1. The maximum absolute atomic E-state index is 10.0. The van der Waals surface area contributed by atoms with Crippen LogP contribution in [0.3, 0.4) is 0 Å². The van der Waals surface area contributed by atoms with Crippen molar-refractivity contribution in [3.05, 3.63) is 102 Å². The van der Waals surface area contributed by atoms with Crippen molar-refractivity contribution in [2.45, 2.75) is 13.8 Å². The van der Waals surface area contributed by atoms with Crippen LogP contribution in [0.1, 0.15) is 25.0 Å². The van der Waals surface area contributed by atoms with Gasteiger partial charge in [0.15, 0.2) is 5.78 Å². The van der Waals surface area contributed by atoms with Gasteiger partial charge in [0.05, 0.1) is 11.3 Å². The summed E-state index contributed by atoms with van der Waals surface area (Å²) in [4.78, 5) is 14.9. The van der Waals surface area contributed by atoms with Crippen molar-refractivity contribution in [2.75, 3.05) is 0 Å². The number of aliphatic hydroxyl groups is 1. The minimum Gasteiger partial charge on any atom is -0.512 e. The van der Waals surface area contributed by atoms with Gasteiger partial charge in [-0.2, -0.15) is 0 Å². The molecule has 1 aliphatic rings. The summed E-state index contributed by atoms with van der Waals surface area (Å²) in [6, 6.07) is 28.4. The first kappa shape index (κ1) is 23.3. The van der Waals surface area contributed by atoms with Crippen LogP contribution < -0.4 is 0 Å². The Kier molecular flexibility index (Phi) is 7.53. The van der Waals surface area contributed by atoms with E-state index in [1.165, 1.54) is 47.6 Å². The minimum atomic E-state index is -0.125. The number of ketones is 1. The first-order valence-electron chi connectivity index (χ1n) is 10.1. The van der Waals surface area contributed by atoms with E-state index >= 15 is 0 Å². The average molecular weight is 597 g/mol. The number of carbonyl (C=O) groups excluding carboxylic acids is 1. The second-order valence-electron chi connectivity index (χ2n) is 7.42. The van der Waals surface area contributed by atoms with Gasteiger partial charge in [0, 0.05) is 31.6 Å². The zero-order valence-electron chi connectivity index (χ0n) is 17.8. The van der Waals surface area contributed by atoms with Crippen LogP contribution in [-0.2, 0) is 24.9 Å². The van der Waals surface area contributed by atoms with Crippen LogP contribution >= 0.6 is 0 Å². The Morgan fingerprint density at radius 2 is 1.66 bits per heavy atom. The van der Waals surface area contributed by atoms with Gasteiger partial charge in [-0.25, -0.2) is 0 Å². The van der Waals surface area contributed by atoms with Crippen LogP contribution in [-0.4, -0.2) is 15.9 Å². The van der Waals surface area contributed by atoms with Gasteiger partial charge in [0.1, 0.15) is 0 Å². The molecule has 0 atom stereocenters. The third kappa shape index (κ3) is 5.28. The molecular weight excluding hydrogens is 575 g/mol. The van der Waals surface area contributed by atoms with Crippen LogP contribution in [0.4, 0.5) is 0 Å². The van der Waals surface area contributed by atoms with E-state index in [4.69, 9.17) is 10.1 Å². The van der Waals surface area contributed by atoms with Gasteiger partial charge in [-0.1, -0.05) is 60.7 Å². The summed E-state index contributed by atoms with van der Waals surface area (Å²) in [5, 5.41) is 9.61. The van der Waals surface area contributed by atoms with Gasteiger partial charge in [-0.3, -0.25) is 9.78 Å². The van der Waals surface area contributed by atoms with E-state index in [2.05, 4.69) is 78.9 Å². The van der Waals surface area contributed by atoms with Crippen LogP contribution in [0.2, 0.25) is 0 Å².